The number of ether oxygens (including phenoxy) is 1. The molecule has 4 saturated carbocycles. The zero-order valence-electron chi connectivity index (χ0n) is 16.4. The summed E-state index contributed by atoms with van der Waals surface area (Å²) in [4.78, 5) is 26.0. The van der Waals surface area contributed by atoms with Crippen molar-refractivity contribution in [2.45, 2.75) is 77.4 Å². The van der Waals surface area contributed by atoms with E-state index >= 15 is 0 Å². The van der Waals surface area contributed by atoms with Gasteiger partial charge in [-0.15, -0.1) is 0 Å². The minimum atomic E-state index is -1.33. The molecule has 0 aromatic carbocycles. The third-order valence-electron chi connectivity index (χ3n) is 9.04. The maximum absolute atomic E-state index is 13.3. The Balaban J connectivity index is 1.81. The zero-order chi connectivity index (χ0) is 19.1. The summed E-state index contributed by atoms with van der Waals surface area (Å²) in [6.07, 6.45) is 4.59. The number of ketones is 1. The van der Waals surface area contributed by atoms with E-state index in [2.05, 4.69) is 6.92 Å². The third kappa shape index (κ3) is 1.94. The van der Waals surface area contributed by atoms with Crippen molar-refractivity contribution in [3.63, 3.8) is 0 Å². The van der Waals surface area contributed by atoms with E-state index in [4.69, 9.17) is 4.74 Å². The maximum atomic E-state index is 13.3. The molecule has 4 rings (SSSR count). The second-order valence-electron chi connectivity index (χ2n) is 10.2. The zero-order valence-corrected chi connectivity index (χ0v) is 16.4. The standard InChI is InChI=1S/C21H32O5/c1-18-7-5-8-19(2,17(24)26-4)14(18)6-9-21-11-12(10-13(22)15(18)21)20(3,25)16(21)23/h12-15,22,25H,5-11H2,1-4H3/t12-,13+,14+,15+,18-,19-,20+,21-/m1/s1. The molecular weight excluding hydrogens is 332 g/mol. The van der Waals surface area contributed by atoms with Crippen molar-refractivity contribution in [1.29, 1.82) is 0 Å². The highest BCUT2D eigenvalue weighted by molar-refractivity contribution is 5.96. The Hall–Kier alpha value is -0.940. The minimum Gasteiger partial charge on any atom is -0.469 e. The van der Waals surface area contributed by atoms with E-state index in [0.29, 0.717) is 19.3 Å². The first-order chi connectivity index (χ1) is 12.0. The number of aliphatic hydroxyl groups excluding tert-OH is 1. The van der Waals surface area contributed by atoms with Crippen LogP contribution in [0.15, 0.2) is 0 Å². The molecule has 0 amide bonds. The number of carbonyl (C=O) groups excluding carboxylic acids is 2. The van der Waals surface area contributed by atoms with Crippen LogP contribution in [-0.4, -0.2) is 40.8 Å². The fourth-order valence-electron chi connectivity index (χ4n) is 8.05. The van der Waals surface area contributed by atoms with E-state index in [9.17, 15) is 19.8 Å². The molecule has 8 atom stereocenters. The van der Waals surface area contributed by atoms with Crippen LogP contribution >= 0.6 is 0 Å². The highest BCUT2D eigenvalue weighted by atomic mass is 16.5. The average molecular weight is 364 g/mol. The Kier molecular flexibility index (Phi) is 3.77. The summed E-state index contributed by atoms with van der Waals surface area (Å²) in [7, 11) is 1.45. The molecule has 2 N–H and O–H groups in total. The van der Waals surface area contributed by atoms with Crippen molar-refractivity contribution in [3.8, 4) is 0 Å². The first kappa shape index (κ1) is 18.4. The number of aliphatic hydroxyl groups is 2. The van der Waals surface area contributed by atoms with E-state index < -0.39 is 22.5 Å². The first-order valence-electron chi connectivity index (χ1n) is 10.1. The fourth-order valence-corrected chi connectivity index (χ4v) is 8.05. The molecule has 0 radical (unpaired) electrons. The van der Waals surface area contributed by atoms with Gasteiger partial charge in [0.25, 0.3) is 0 Å². The number of esters is 1. The second-order valence-corrected chi connectivity index (χ2v) is 10.2. The summed E-state index contributed by atoms with van der Waals surface area (Å²) >= 11 is 0. The van der Waals surface area contributed by atoms with Crippen molar-refractivity contribution < 1.29 is 24.5 Å². The van der Waals surface area contributed by atoms with Crippen LogP contribution in [0, 0.1) is 34.0 Å². The van der Waals surface area contributed by atoms with Gasteiger partial charge in [0.15, 0.2) is 5.78 Å². The molecule has 0 aromatic heterocycles. The van der Waals surface area contributed by atoms with Gasteiger partial charge in [-0.2, -0.15) is 0 Å². The van der Waals surface area contributed by atoms with Gasteiger partial charge in [0.2, 0.25) is 0 Å². The van der Waals surface area contributed by atoms with E-state index in [1.807, 2.05) is 6.92 Å². The van der Waals surface area contributed by atoms with Crippen molar-refractivity contribution in [2.24, 2.45) is 34.0 Å². The second kappa shape index (κ2) is 5.32. The van der Waals surface area contributed by atoms with Crippen LogP contribution in [0.25, 0.3) is 0 Å². The molecular formula is C21H32O5. The van der Waals surface area contributed by atoms with Crippen LogP contribution in [0.1, 0.15) is 65.7 Å². The number of hydrogen-bond donors (Lipinski definition) is 2. The van der Waals surface area contributed by atoms with Crippen LogP contribution in [0.4, 0.5) is 0 Å². The summed E-state index contributed by atoms with van der Waals surface area (Å²) in [5.41, 5.74) is -2.82. The number of methoxy groups -OCH3 is 1. The van der Waals surface area contributed by atoms with Crippen LogP contribution in [0.2, 0.25) is 0 Å². The van der Waals surface area contributed by atoms with Crippen molar-refractivity contribution in [2.75, 3.05) is 7.11 Å². The lowest BCUT2D eigenvalue weighted by molar-refractivity contribution is -0.201. The molecule has 146 valence electrons. The van der Waals surface area contributed by atoms with Gasteiger partial charge in [-0.25, -0.2) is 0 Å². The molecule has 4 aliphatic rings. The molecule has 0 heterocycles. The van der Waals surface area contributed by atoms with E-state index in [1.54, 1.807) is 6.92 Å². The van der Waals surface area contributed by atoms with Gasteiger partial charge < -0.3 is 14.9 Å². The van der Waals surface area contributed by atoms with Gasteiger partial charge >= 0.3 is 5.97 Å². The van der Waals surface area contributed by atoms with Gasteiger partial charge in [-0.3, -0.25) is 9.59 Å². The molecule has 0 aromatic rings. The molecule has 4 fully saturated rings. The molecule has 2 bridgehead atoms. The fraction of sp³-hybridized carbons (Fsp3) is 0.905. The quantitative estimate of drug-likeness (QED) is 0.699. The predicted molar refractivity (Wildman–Crippen MR) is 95.1 cm³/mol. The highest BCUT2D eigenvalue weighted by Crippen LogP contribution is 2.71. The summed E-state index contributed by atoms with van der Waals surface area (Å²) in [6, 6.07) is 0. The number of Topliss-reactive ketones (excluding diaryl/α,β-unsaturated/α-hetero) is 1. The number of rotatable bonds is 1. The maximum Gasteiger partial charge on any atom is 0.311 e. The molecule has 0 saturated heterocycles. The van der Waals surface area contributed by atoms with Gasteiger partial charge in [-0.05, 0) is 69.6 Å². The van der Waals surface area contributed by atoms with Gasteiger partial charge in [0.05, 0.1) is 18.6 Å². The molecule has 0 aliphatic heterocycles. The average Bonchev–Trinajstić information content (AvgIpc) is 2.72. The lowest BCUT2D eigenvalue weighted by atomic mass is 9.40. The summed E-state index contributed by atoms with van der Waals surface area (Å²) < 4.78 is 5.16. The van der Waals surface area contributed by atoms with Gasteiger partial charge in [-0.1, -0.05) is 13.3 Å². The van der Waals surface area contributed by atoms with Crippen LogP contribution in [-0.2, 0) is 14.3 Å². The SMILES string of the molecule is COC(=O)[C@]1(C)CCC[C@@]2(C)[C@@H]3[C@@H](O)C[C@@H]4C[C@@]3(CC[C@@H]21)C(=O)[C@@]4(C)O. The molecule has 1 spiro atoms. The lowest BCUT2D eigenvalue weighted by Crippen LogP contribution is -2.63. The largest absolute Gasteiger partial charge is 0.469 e. The number of fused-ring (bicyclic) bond motifs is 3. The van der Waals surface area contributed by atoms with Crippen molar-refractivity contribution in [1.82, 2.24) is 0 Å². The van der Waals surface area contributed by atoms with Crippen molar-refractivity contribution >= 4 is 11.8 Å². The Morgan fingerprint density at radius 3 is 2.54 bits per heavy atom. The molecule has 5 heteroatoms. The Labute approximate surface area is 155 Å². The van der Waals surface area contributed by atoms with Gasteiger partial charge in [0.1, 0.15) is 5.60 Å². The molecule has 26 heavy (non-hydrogen) atoms. The normalized spacial score (nSPS) is 55.8. The first-order valence-corrected chi connectivity index (χ1v) is 10.1. The predicted octanol–water partition coefficient (Wildman–Crippen LogP) is 2.47. The Morgan fingerprint density at radius 2 is 1.88 bits per heavy atom. The molecule has 4 aliphatic carbocycles. The minimum absolute atomic E-state index is 0.0680. The summed E-state index contributed by atoms with van der Waals surface area (Å²) in [6.45, 7) is 5.81. The Bertz CT molecular complexity index is 657. The molecule has 0 unspecified atom stereocenters. The van der Waals surface area contributed by atoms with Crippen LogP contribution in [0.3, 0.4) is 0 Å². The molecule has 5 nitrogen and oxygen atoms in total. The van der Waals surface area contributed by atoms with E-state index in [1.165, 1.54) is 7.11 Å². The Morgan fingerprint density at radius 1 is 1.19 bits per heavy atom. The van der Waals surface area contributed by atoms with Crippen LogP contribution in [0.5, 0.6) is 0 Å². The summed E-state index contributed by atoms with van der Waals surface area (Å²) in [5, 5.41) is 22.0. The topological polar surface area (TPSA) is 83.8 Å². The van der Waals surface area contributed by atoms with Crippen molar-refractivity contribution in [3.05, 3.63) is 0 Å². The van der Waals surface area contributed by atoms with E-state index in [0.717, 1.165) is 25.7 Å². The van der Waals surface area contributed by atoms with Crippen LogP contribution < -0.4 is 0 Å². The number of carbonyl (C=O) groups is 2. The smallest absolute Gasteiger partial charge is 0.311 e. The monoisotopic (exact) mass is 364 g/mol. The lowest BCUT2D eigenvalue weighted by Gasteiger charge is -2.63. The third-order valence-corrected chi connectivity index (χ3v) is 9.04. The number of hydrogen-bond acceptors (Lipinski definition) is 5. The highest BCUT2D eigenvalue weighted by Gasteiger charge is 2.73. The van der Waals surface area contributed by atoms with Gasteiger partial charge in [0, 0.05) is 11.3 Å². The summed E-state index contributed by atoms with van der Waals surface area (Å²) in [5.74, 6) is -0.483. The van der Waals surface area contributed by atoms with E-state index in [-0.39, 0.29) is 34.9 Å².